The van der Waals surface area contributed by atoms with Crippen molar-refractivity contribution >= 4 is 0 Å². The van der Waals surface area contributed by atoms with Gasteiger partial charge in [-0.25, -0.2) is 4.98 Å². The van der Waals surface area contributed by atoms with Crippen LogP contribution in [-0.4, -0.2) is 4.98 Å². The van der Waals surface area contributed by atoms with Crippen LogP contribution in [0, 0.1) is 11.2 Å². The van der Waals surface area contributed by atoms with E-state index in [1.54, 1.807) is 18.2 Å². The van der Waals surface area contributed by atoms with E-state index in [0.29, 0.717) is 10.3 Å². The molecule has 0 aliphatic carbocycles. The molecule has 0 fully saturated rings. The lowest BCUT2D eigenvalue weighted by Gasteiger charge is -2.00. The number of hydrogen-bond donors (Lipinski definition) is 0. The van der Waals surface area contributed by atoms with Gasteiger partial charge in [0, 0.05) is 24.4 Å². The van der Waals surface area contributed by atoms with Gasteiger partial charge in [-0.3, -0.25) is 0 Å². The van der Waals surface area contributed by atoms with E-state index < -0.39 is 5.95 Å². The number of halogens is 1. The van der Waals surface area contributed by atoms with Gasteiger partial charge < -0.3 is 5.21 Å². The summed E-state index contributed by atoms with van der Waals surface area (Å²) in [6.45, 7) is 0. The second kappa shape index (κ2) is 3.41. The van der Waals surface area contributed by atoms with Crippen LogP contribution in [0.3, 0.4) is 0 Å². The Labute approximate surface area is 80.1 Å². The minimum absolute atomic E-state index is 0.527. The van der Waals surface area contributed by atoms with E-state index in [1.165, 1.54) is 24.7 Å². The standard InChI is InChI=1S/C10H7FN2O/c11-10-7-9(1-4-12-10)8-2-5-13(14)6-3-8/h1-7H. The van der Waals surface area contributed by atoms with E-state index in [4.69, 9.17) is 0 Å². The van der Waals surface area contributed by atoms with Crippen molar-refractivity contribution in [3.05, 3.63) is 54.0 Å². The molecule has 0 bridgehead atoms. The van der Waals surface area contributed by atoms with Gasteiger partial charge in [0.2, 0.25) is 5.95 Å². The molecular formula is C10H7FN2O. The quantitative estimate of drug-likeness (QED) is 0.388. The molecule has 2 aromatic heterocycles. The smallest absolute Gasteiger partial charge is 0.213 e. The van der Waals surface area contributed by atoms with Crippen molar-refractivity contribution in [1.29, 1.82) is 0 Å². The lowest BCUT2D eigenvalue weighted by atomic mass is 10.1. The molecule has 0 saturated heterocycles. The third-order valence-corrected chi connectivity index (χ3v) is 1.86. The average Bonchev–Trinajstić information content (AvgIpc) is 2.19. The Morgan fingerprint density at radius 3 is 2.50 bits per heavy atom. The Bertz CT molecular complexity index is 442. The van der Waals surface area contributed by atoms with Crippen LogP contribution in [0.4, 0.5) is 4.39 Å². The summed E-state index contributed by atoms with van der Waals surface area (Å²) in [4.78, 5) is 3.45. The SMILES string of the molecule is [O-][n+]1ccc(-c2ccnc(F)c2)cc1. The second-order valence-corrected chi connectivity index (χ2v) is 2.81. The lowest BCUT2D eigenvalue weighted by Crippen LogP contribution is -2.23. The van der Waals surface area contributed by atoms with Crippen LogP contribution in [0.2, 0.25) is 0 Å². The Hall–Kier alpha value is -1.97. The summed E-state index contributed by atoms with van der Waals surface area (Å²) in [5.41, 5.74) is 1.50. The fraction of sp³-hybridized carbons (Fsp3) is 0. The molecular weight excluding hydrogens is 183 g/mol. The number of hydrogen-bond acceptors (Lipinski definition) is 2. The summed E-state index contributed by atoms with van der Waals surface area (Å²) in [6, 6.07) is 6.27. The molecule has 0 aliphatic rings. The van der Waals surface area contributed by atoms with Crippen molar-refractivity contribution < 1.29 is 9.12 Å². The fourth-order valence-corrected chi connectivity index (χ4v) is 1.19. The molecule has 0 spiro atoms. The Morgan fingerprint density at radius 2 is 1.86 bits per heavy atom. The van der Waals surface area contributed by atoms with Crippen molar-refractivity contribution in [1.82, 2.24) is 4.98 Å². The first-order valence-electron chi connectivity index (χ1n) is 4.06. The molecule has 0 radical (unpaired) electrons. The van der Waals surface area contributed by atoms with Crippen molar-refractivity contribution in [2.24, 2.45) is 0 Å². The fourth-order valence-electron chi connectivity index (χ4n) is 1.19. The highest BCUT2D eigenvalue weighted by Gasteiger charge is 2.00. The molecule has 2 rings (SSSR count). The zero-order valence-electron chi connectivity index (χ0n) is 7.22. The van der Waals surface area contributed by atoms with E-state index in [1.807, 2.05) is 0 Å². The zero-order valence-corrected chi connectivity index (χ0v) is 7.22. The molecule has 0 N–H and O–H groups in total. The maximum atomic E-state index is 12.8. The normalized spacial score (nSPS) is 10.1. The van der Waals surface area contributed by atoms with Gasteiger partial charge in [0.25, 0.3) is 0 Å². The summed E-state index contributed by atoms with van der Waals surface area (Å²) in [5, 5.41) is 10.8. The average molecular weight is 190 g/mol. The maximum Gasteiger partial charge on any atom is 0.213 e. The highest BCUT2D eigenvalue weighted by molar-refractivity contribution is 5.61. The number of pyridine rings is 2. The largest absolute Gasteiger partial charge is 0.619 e. The van der Waals surface area contributed by atoms with Gasteiger partial charge in [0.1, 0.15) is 0 Å². The molecule has 0 aliphatic heterocycles. The summed E-state index contributed by atoms with van der Waals surface area (Å²) >= 11 is 0. The Kier molecular flexibility index (Phi) is 2.10. The van der Waals surface area contributed by atoms with Crippen molar-refractivity contribution in [2.45, 2.75) is 0 Å². The summed E-state index contributed by atoms with van der Waals surface area (Å²) in [6.07, 6.45) is 4.13. The Morgan fingerprint density at radius 1 is 1.14 bits per heavy atom. The topological polar surface area (TPSA) is 39.8 Å². The highest BCUT2D eigenvalue weighted by Crippen LogP contribution is 2.16. The molecule has 0 amide bonds. The van der Waals surface area contributed by atoms with Gasteiger partial charge in [0.15, 0.2) is 12.4 Å². The van der Waals surface area contributed by atoms with Crippen LogP contribution in [-0.2, 0) is 0 Å². The molecule has 0 unspecified atom stereocenters. The zero-order chi connectivity index (χ0) is 9.97. The van der Waals surface area contributed by atoms with Gasteiger partial charge in [0.05, 0.1) is 0 Å². The van der Waals surface area contributed by atoms with Gasteiger partial charge in [-0.15, -0.1) is 0 Å². The second-order valence-electron chi connectivity index (χ2n) is 2.81. The van der Waals surface area contributed by atoms with E-state index in [-0.39, 0.29) is 0 Å². The van der Waals surface area contributed by atoms with Crippen LogP contribution >= 0.6 is 0 Å². The predicted molar refractivity (Wildman–Crippen MR) is 48.6 cm³/mol. The van der Waals surface area contributed by atoms with Crippen LogP contribution < -0.4 is 4.73 Å². The molecule has 3 nitrogen and oxygen atoms in total. The molecule has 14 heavy (non-hydrogen) atoms. The molecule has 2 aromatic rings. The molecule has 0 atom stereocenters. The number of nitrogens with zero attached hydrogens (tertiary/aromatic N) is 2. The summed E-state index contributed by atoms with van der Waals surface area (Å²) < 4.78 is 13.4. The molecule has 0 saturated carbocycles. The first-order valence-corrected chi connectivity index (χ1v) is 4.06. The maximum absolute atomic E-state index is 12.8. The molecule has 0 aromatic carbocycles. The monoisotopic (exact) mass is 190 g/mol. The van der Waals surface area contributed by atoms with Gasteiger partial charge >= 0.3 is 0 Å². The van der Waals surface area contributed by atoms with Gasteiger partial charge in [-0.05, 0) is 17.2 Å². The molecule has 2 heterocycles. The lowest BCUT2D eigenvalue weighted by molar-refractivity contribution is -0.605. The van der Waals surface area contributed by atoms with Gasteiger partial charge in [-0.2, -0.15) is 9.12 Å². The van der Waals surface area contributed by atoms with Gasteiger partial charge in [-0.1, -0.05) is 0 Å². The highest BCUT2D eigenvalue weighted by atomic mass is 19.1. The predicted octanol–water partition coefficient (Wildman–Crippen LogP) is 1.52. The van der Waals surface area contributed by atoms with Crippen molar-refractivity contribution in [2.75, 3.05) is 0 Å². The number of rotatable bonds is 1. The van der Waals surface area contributed by atoms with Crippen LogP contribution in [0.25, 0.3) is 11.1 Å². The van der Waals surface area contributed by atoms with Crippen LogP contribution in [0.5, 0.6) is 0 Å². The first kappa shape index (κ1) is 8.62. The minimum atomic E-state index is -0.527. The van der Waals surface area contributed by atoms with E-state index >= 15 is 0 Å². The minimum Gasteiger partial charge on any atom is -0.619 e. The third-order valence-electron chi connectivity index (χ3n) is 1.86. The van der Waals surface area contributed by atoms with E-state index in [2.05, 4.69) is 4.98 Å². The third kappa shape index (κ3) is 1.69. The molecule has 70 valence electrons. The van der Waals surface area contributed by atoms with E-state index in [0.717, 1.165) is 5.56 Å². The van der Waals surface area contributed by atoms with Crippen molar-refractivity contribution in [3.8, 4) is 11.1 Å². The van der Waals surface area contributed by atoms with E-state index in [9.17, 15) is 9.60 Å². The Balaban J connectivity index is 2.44. The first-order chi connectivity index (χ1) is 6.75. The van der Waals surface area contributed by atoms with Crippen molar-refractivity contribution in [3.63, 3.8) is 0 Å². The van der Waals surface area contributed by atoms with Crippen LogP contribution in [0.15, 0.2) is 42.9 Å². The summed E-state index contributed by atoms with van der Waals surface area (Å²) in [5.74, 6) is -0.527. The summed E-state index contributed by atoms with van der Waals surface area (Å²) in [7, 11) is 0. The molecule has 4 heteroatoms. The number of aromatic nitrogens is 2. The van der Waals surface area contributed by atoms with Crippen LogP contribution in [0.1, 0.15) is 0 Å².